The third kappa shape index (κ3) is 5.02. The quantitative estimate of drug-likeness (QED) is 0.762. The van der Waals surface area contributed by atoms with Gasteiger partial charge in [0.25, 0.3) is 0 Å². The van der Waals surface area contributed by atoms with Crippen LogP contribution in [0.2, 0.25) is 0 Å². The summed E-state index contributed by atoms with van der Waals surface area (Å²) in [5, 5.41) is 9.00. The van der Waals surface area contributed by atoms with Crippen molar-refractivity contribution in [2.24, 2.45) is 0 Å². The molecule has 0 radical (unpaired) electrons. The lowest BCUT2D eigenvalue weighted by atomic mass is 10.2. The Labute approximate surface area is 125 Å². The molecule has 6 nitrogen and oxygen atoms in total. The Balaban J connectivity index is 3.26. The minimum absolute atomic E-state index is 0.105. The van der Waals surface area contributed by atoms with Crippen molar-refractivity contribution >= 4 is 21.7 Å². The van der Waals surface area contributed by atoms with Gasteiger partial charge in [0.1, 0.15) is 11.4 Å². The van der Waals surface area contributed by atoms with E-state index in [1.54, 1.807) is 36.9 Å². The first kappa shape index (κ1) is 17.5. The van der Waals surface area contributed by atoms with Gasteiger partial charge in [0.2, 0.25) is 10.0 Å². The summed E-state index contributed by atoms with van der Waals surface area (Å²) in [7, 11) is -3.67. The highest BCUT2D eigenvalue weighted by atomic mass is 32.2. The number of benzene rings is 1. The Bertz CT molecular complexity index is 584. The van der Waals surface area contributed by atoms with Crippen molar-refractivity contribution in [3.8, 4) is 0 Å². The molecule has 0 bridgehead atoms. The molecule has 0 fully saturated rings. The molecule has 1 aromatic rings. The van der Waals surface area contributed by atoms with Crippen LogP contribution in [0.3, 0.4) is 0 Å². The van der Waals surface area contributed by atoms with Crippen molar-refractivity contribution in [1.29, 1.82) is 0 Å². The van der Waals surface area contributed by atoms with Crippen LogP contribution in [-0.4, -0.2) is 38.6 Å². The van der Waals surface area contributed by atoms with E-state index in [9.17, 15) is 13.2 Å². The number of anilines is 1. The predicted octanol–water partition coefficient (Wildman–Crippen LogP) is 1.67. The number of carbonyl (C=O) groups is 1. The monoisotopic (exact) mass is 314 g/mol. The summed E-state index contributed by atoms with van der Waals surface area (Å²) in [6, 6.07) is 6.22. The van der Waals surface area contributed by atoms with Gasteiger partial charge in [0, 0.05) is 12.6 Å². The molecule has 2 N–H and O–H groups in total. The molecule has 0 saturated heterocycles. The molecule has 0 saturated carbocycles. The third-order valence-electron chi connectivity index (χ3n) is 2.71. The van der Waals surface area contributed by atoms with E-state index in [1.165, 1.54) is 6.07 Å². The molecule has 1 rings (SSSR count). The lowest BCUT2D eigenvalue weighted by Gasteiger charge is -2.25. The van der Waals surface area contributed by atoms with Crippen LogP contribution in [-0.2, 0) is 14.8 Å². The summed E-state index contributed by atoms with van der Waals surface area (Å²) in [5.41, 5.74) is 0.412. The Morgan fingerprint density at radius 1 is 1.33 bits per heavy atom. The number of carboxylic acid groups (broad SMARTS) is 1. The van der Waals surface area contributed by atoms with Gasteiger partial charge in [-0.3, -0.25) is 4.79 Å². The summed E-state index contributed by atoms with van der Waals surface area (Å²) >= 11 is 0. The van der Waals surface area contributed by atoms with Gasteiger partial charge >= 0.3 is 5.97 Å². The van der Waals surface area contributed by atoms with E-state index in [4.69, 9.17) is 5.11 Å². The highest BCUT2D eigenvalue weighted by molar-refractivity contribution is 7.89. The van der Waals surface area contributed by atoms with E-state index in [0.29, 0.717) is 12.2 Å². The van der Waals surface area contributed by atoms with E-state index < -0.39 is 16.0 Å². The van der Waals surface area contributed by atoms with Gasteiger partial charge in [-0.1, -0.05) is 19.1 Å². The van der Waals surface area contributed by atoms with Crippen molar-refractivity contribution in [2.45, 2.75) is 38.1 Å². The number of hydrogen-bond donors (Lipinski definition) is 2. The van der Waals surface area contributed by atoms with Gasteiger partial charge in [-0.2, -0.15) is 0 Å². The fourth-order valence-corrected chi connectivity index (χ4v) is 3.52. The SMILES string of the molecule is CCCN(CC(=O)O)c1ccccc1S(=O)(=O)NC(C)C. The van der Waals surface area contributed by atoms with Crippen LogP contribution < -0.4 is 9.62 Å². The van der Waals surface area contributed by atoms with Crippen LogP contribution in [0.5, 0.6) is 0 Å². The van der Waals surface area contributed by atoms with Crippen LogP contribution in [0.4, 0.5) is 5.69 Å². The Hall–Kier alpha value is -1.60. The normalized spacial score (nSPS) is 11.6. The maximum Gasteiger partial charge on any atom is 0.323 e. The van der Waals surface area contributed by atoms with Gasteiger partial charge in [0.15, 0.2) is 0 Å². The lowest BCUT2D eigenvalue weighted by molar-refractivity contribution is -0.135. The largest absolute Gasteiger partial charge is 0.480 e. The van der Waals surface area contributed by atoms with Gasteiger partial charge in [-0.15, -0.1) is 0 Å². The van der Waals surface area contributed by atoms with E-state index >= 15 is 0 Å². The van der Waals surface area contributed by atoms with Crippen LogP contribution in [0.15, 0.2) is 29.2 Å². The Morgan fingerprint density at radius 3 is 2.48 bits per heavy atom. The molecule has 118 valence electrons. The summed E-state index contributed by atoms with van der Waals surface area (Å²) in [5.74, 6) is -0.993. The molecule has 0 aliphatic rings. The number of carboxylic acids is 1. The van der Waals surface area contributed by atoms with Gasteiger partial charge < -0.3 is 10.0 Å². The van der Waals surface area contributed by atoms with Crippen molar-refractivity contribution in [3.63, 3.8) is 0 Å². The second kappa shape index (κ2) is 7.42. The first-order valence-electron chi connectivity index (χ1n) is 6.86. The predicted molar refractivity (Wildman–Crippen MR) is 82.0 cm³/mol. The fourth-order valence-electron chi connectivity index (χ4n) is 2.04. The first-order chi connectivity index (χ1) is 9.77. The van der Waals surface area contributed by atoms with Crippen LogP contribution >= 0.6 is 0 Å². The van der Waals surface area contributed by atoms with Gasteiger partial charge in [0.05, 0.1) is 5.69 Å². The molecule has 0 aromatic heterocycles. The number of para-hydroxylation sites is 1. The average Bonchev–Trinajstić information content (AvgIpc) is 2.36. The zero-order valence-corrected chi connectivity index (χ0v) is 13.4. The molecule has 0 atom stereocenters. The Kier molecular flexibility index (Phi) is 6.17. The summed E-state index contributed by atoms with van der Waals surface area (Å²) < 4.78 is 27.3. The second-order valence-corrected chi connectivity index (χ2v) is 6.74. The van der Waals surface area contributed by atoms with Gasteiger partial charge in [-0.05, 0) is 32.4 Å². The molecule has 0 unspecified atom stereocenters. The molecule has 0 amide bonds. The minimum Gasteiger partial charge on any atom is -0.480 e. The minimum atomic E-state index is -3.67. The maximum atomic E-state index is 12.4. The van der Waals surface area contributed by atoms with E-state index in [2.05, 4.69) is 4.72 Å². The zero-order valence-electron chi connectivity index (χ0n) is 12.5. The Morgan fingerprint density at radius 2 is 1.95 bits per heavy atom. The molecule has 0 heterocycles. The number of nitrogens with one attached hydrogen (secondary N) is 1. The fraction of sp³-hybridized carbons (Fsp3) is 0.500. The summed E-state index contributed by atoms with van der Waals surface area (Å²) in [6.07, 6.45) is 0.721. The number of sulfonamides is 1. The first-order valence-corrected chi connectivity index (χ1v) is 8.34. The number of hydrogen-bond acceptors (Lipinski definition) is 4. The molecule has 0 aliphatic carbocycles. The number of rotatable bonds is 8. The van der Waals surface area contributed by atoms with Crippen molar-refractivity contribution < 1.29 is 18.3 Å². The molecule has 7 heteroatoms. The maximum absolute atomic E-state index is 12.4. The average molecular weight is 314 g/mol. The van der Waals surface area contributed by atoms with Crippen LogP contribution in [0.1, 0.15) is 27.2 Å². The summed E-state index contributed by atoms with van der Waals surface area (Å²) in [4.78, 5) is 12.7. The highest BCUT2D eigenvalue weighted by Crippen LogP contribution is 2.25. The molecule has 0 spiro atoms. The van der Waals surface area contributed by atoms with Crippen LogP contribution in [0.25, 0.3) is 0 Å². The lowest BCUT2D eigenvalue weighted by Crippen LogP contribution is -2.35. The number of aliphatic carboxylic acids is 1. The van der Waals surface area contributed by atoms with Crippen LogP contribution in [0, 0.1) is 0 Å². The van der Waals surface area contributed by atoms with Crippen molar-refractivity contribution in [2.75, 3.05) is 18.0 Å². The smallest absolute Gasteiger partial charge is 0.323 e. The highest BCUT2D eigenvalue weighted by Gasteiger charge is 2.23. The van der Waals surface area contributed by atoms with E-state index in [-0.39, 0.29) is 17.5 Å². The second-order valence-electron chi connectivity index (χ2n) is 5.06. The molecular weight excluding hydrogens is 292 g/mol. The third-order valence-corrected chi connectivity index (χ3v) is 4.41. The van der Waals surface area contributed by atoms with Gasteiger partial charge in [-0.25, -0.2) is 13.1 Å². The zero-order chi connectivity index (χ0) is 16.0. The molecule has 21 heavy (non-hydrogen) atoms. The molecular formula is C14H22N2O4S. The van der Waals surface area contributed by atoms with E-state index in [1.807, 2.05) is 6.92 Å². The molecule has 1 aromatic carbocycles. The van der Waals surface area contributed by atoms with Crippen molar-refractivity contribution in [1.82, 2.24) is 4.72 Å². The van der Waals surface area contributed by atoms with Crippen molar-refractivity contribution in [3.05, 3.63) is 24.3 Å². The standard InChI is InChI=1S/C14H22N2O4S/c1-4-9-16(10-14(17)18)12-7-5-6-8-13(12)21(19,20)15-11(2)3/h5-8,11,15H,4,9-10H2,1-3H3,(H,17,18). The molecule has 0 aliphatic heterocycles. The van der Waals surface area contributed by atoms with E-state index in [0.717, 1.165) is 6.42 Å². The topological polar surface area (TPSA) is 86.7 Å². The number of nitrogens with zero attached hydrogens (tertiary/aromatic N) is 1. The summed E-state index contributed by atoms with van der Waals surface area (Å²) in [6.45, 7) is 5.63.